The third kappa shape index (κ3) is 4.27. The summed E-state index contributed by atoms with van der Waals surface area (Å²) < 4.78 is 38.4. The van der Waals surface area contributed by atoms with Crippen LogP contribution in [0.25, 0.3) is 22.8 Å². The zero-order chi connectivity index (χ0) is 26.4. The van der Waals surface area contributed by atoms with E-state index in [1.54, 1.807) is 19.1 Å². The van der Waals surface area contributed by atoms with E-state index in [1.165, 1.54) is 31.6 Å². The summed E-state index contributed by atoms with van der Waals surface area (Å²) in [4.78, 5) is 24.6. The van der Waals surface area contributed by atoms with Gasteiger partial charge in [0.05, 0.1) is 20.5 Å². The molecule has 5 rings (SSSR count). The van der Waals surface area contributed by atoms with E-state index in [0.717, 1.165) is 12.8 Å². The minimum Gasteiger partial charge on any atom is -0.465 e. The quantitative estimate of drug-likeness (QED) is 0.475. The number of carbonyl (C=O) groups is 1. The number of amides is 1. The van der Waals surface area contributed by atoms with Gasteiger partial charge in [0, 0.05) is 36.6 Å². The Labute approximate surface area is 217 Å². The molecule has 2 atom stereocenters. The van der Waals surface area contributed by atoms with Crippen LogP contribution in [0.15, 0.2) is 50.5 Å². The van der Waals surface area contributed by atoms with Crippen LogP contribution in [0.4, 0.5) is 9.18 Å². The summed E-state index contributed by atoms with van der Waals surface area (Å²) in [6, 6.07) is 5.95. The maximum Gasteiger partial charge on any atom is 0.410 e. The van der Waals surface area contributed by atoms with E-state index in [2.05, 4.69) is 24.8 Å². The Morgan fingerprint density at radius 3 is 2.59 bits per heavy atom. The van der Waals surface area contributed by atoms with E-state index >= 15 is 4.39 Å². The smallest absolute Gasteiger partial charge is 0.410 e. The van der Waals surface area contributed by atoms with E-state index in [9.17, 15) is 14.1 Å². The molecule has 0 unspecified atom stereocenters. The largest absolute Gasteiger partial charge is 0.465 e. The van der Waals surface area contributed by atoms with E-state index < -0.39 is 31.9 Å². The number of rotatable bonds is 3. The van der Waals surface area contributed by atoms with Crippen molar-refractivity contribution in [2.24, 2.45) is 9.36 Å². The van der Waals surface area contributed by atoms with E-state index in [-0.39, 0.29) is 17.2 Å². The van der Waals surface area contributed by atoms with Crippen LogP contribution in [0, 0.1) is 5.82 Å². The van der Waals surface area contributed by atoms with Crippen LogP contribution in [0.2, 0.25) is 5.02 Å². The van der Waals surface area contributed by atoms with E-state index in [0.29, 0.717) is 40.7 Å². The average Bonchev–Trinajstić information content (AvgIpc) is 3.55. The summed E-state index contributed by atoms with van der Waals surface area (Å²) in [5.41, 5.74) is -0.359. The third-order valence-electron chi connectivity index (χ3n) is 7.00. The van der Waals surface area contributed by atoms with Gasteiger partial charge in [-0.3, -0.25) is 10.3 Å². The van der Waals surface area contributed by atoms with Crippen molar-refractivity contribution in [1.82, 2.24) is 20.4 Å². The summed E-state index contributed by atoms with van der Waals surface area (Å²) in [6.45, 7) is 1.64. The van der Waals surface area contributed by atoms with Crippen LogP contribution in [-0.4, -0.2) is 53.9 Å². The first kappa shape index (κ1) is 25.3. The van der Waals surface area contributed by atoms with Crippen molar-refractivity contribution in [1.29, 1.82) is 0 Å². The fourth-order valence-electron chi connectivity index (χ4n) is 5.23. The number of nitrogens with zero attached hydrogens (tertiary/aromatic N) is 5. The van der Waals surface area contributed by atoms with Gasteiger partial charge in [-0.2, -0.15) is 0 Å². The number of aromatic nitrogens is 3. The highest BCUT2D eigenvalue weighted by molar-refractivity contribution is 7.95. The van der Waals surface area contributed by atoms with Crippen LogP contribution in [0.1, 0.15) is 38.2 Å². The fourth-order valence-corrected chi connectivity index (χ4v) is 8.39. The van der Waals surface area contributed by atoms with Gasteiger partial charge in [-0.1, -0.05) is 29.6 Å². The number of hydrogen-bond donors (Lipinski definition) is 2. The molecule has 3 aromatic rings. The Hall–Kier alpha value is -3.38. The summed E-state index contributed by atoms with van der Waals surface area (Å²) in [5, 5.41) is 16.3. The number of carboxylic acid groups (broad SMARTS) is 1. The zero-order valence-corrected chi connectivity index (χ0v) is 21.6. The van der Waals surface area contributed by atoms with Gasteiger partial charge in [0.1, 0.15) is 21.9 Å². The number of amidine groups is 1. The van der Waals surface area contributed by atoms with Crippen LogP contribution in [-0.2, 0) is 15.3 Å². The predicted octanol–water partition coefficient (Wildman–Crippen LogP) is 4.90. The van der Waals surface area contributed by atoms with Gasteiger partial charge in [-0.25, -0.2) is 27.7 Å². The van der Waals surface area contributed by atoms with Crippen LogP contribution in [0.3, 0.4) is 0 Å². The molecular formula is C24H24ClFN6O4S. The Morgan fingerprint density at radius 2 is 1.95 bits per heavy atom. The van der Waals surface area contributed by atoms with Gasteiger partial charge >= 0.3 is 6.09 Å². The molecule has 1 aliphatic heterocycles. The van der Waals surface area contributed by atoms with Crippen LogP contribution < -0.4 is 5.32 Å². The molecule has 1 saturated carbocycles. The highest BCUT2D eigenvalue weighted by atomic mass is 35.5. The molecule has 2 aromatic heterocycles. The first-order valence-corrected chi connectivity index (χ1v) is 13.6. The highest BCUT2D eigenvalue weighted by Gasteiger charge is 2.55. The van der Waals surface area contributed by atoms with E-state index in [1.807, 2.05) is 0 Å². The van der Waals surface area contributed by atoms with Crippen molar-refractivity contribution in [3.8, 4) is 22.8 Å². The lowest BCUT2D eigenvalue weighted by Gasteiger charge is -2.43. The number of nitrogens with one attached hydrogen (secondary N) is 1. The topological polar surface area (TPSA) is 143 Å². The first-order valence-electron chi connectivity index (χ1n) is 11.6. The molecule has 2 N–H and O–H groups in total. The van der Waals surface area contributed by atoms with Crippen molar-refractivity contribution in [2.75, 3.05) is 12.8 Å². The maximum atomic E-state index is 15.3. The molecule has 1 fully saturated rings. The molecule has 1 amide bonds. The fraction of sp³-hybridized carbons (Fsp3) is 0.375. The molecule has 3 heterocycles. The maximum absolute atomic E-state index is 15.3. The average molecular weight is 547 g/mol. The van der Waals surface area contributed by atoms with Gasteiger partial charge < -0.3 is 9.63 Å². The molecule has 194 valence electrons. The second kappa shape index (κ2) is 9.18. The normalized spacial score (nSPS) is 24.6. The molecule has 0 saturated heterocycles. The second-order valence-electron chi connectivity index (χ2n) is 9.33. The van der Waals surface area contributed by atoms with Gasteiger partial charge in [-0.05, 0) is 38.0 Å². The molecule has 1 spiro atoms. The first-order chi connectivity index (χ1) is 17.6. The van der Waals surface area contributed by atoms with Gasteiger partial charge in [0.25, 0.3) is 0 Å². The molecular weight excluding hydrogens is 523 g/mol. The molecule has 1 aromatic carbocycles. The van der Waals surface area contributed by atoms with Crippen molar-refractivity contribution >= 4 is 33.3 Å². The van der Waals surface area contributed by atoms with Gasteiger partial charge in [-0.15, -0.1) is 0 Å². The molecule has 37 heavy (non-hydrogen) atoms. The molecule has 10 nitrogen and oxygen atoms in total. The lowest BCUT2D eigenvalue weighted by Crippen LogP contribution is -2.59. The van der Waals surface area contributed by atoms with Crippen LogP contribution in [0.5, 0.6) is 0 Å². The molecule has 1 aliphatic carbocycles. The van der Waals surface area contributed by atoms with Crippen molar-refractivity contribution in [2.45, 2.75) is 42.9 Å². The number of aliphatic imine (C=N–C) groups is 1. The summed E-state index contributed by atoms with van der Waals surface area (Å²) >= 11 is 5.85. The standard InChI is InChI=1S/C24H24ClFN6O4S/c1-23(13-37(35,27-2)24(7-3-4-8-24)21(31-23)30-22(33)34)16-9-14(5-6-17(16)26)19-10-18(32-36-19)20-28-11-15(25)12-29-20/h5-6,9-12H,3-4,7-8,13H2,1-2H3,(H,30,31)(H,33,34)/t23-,37+/m0/s1. The SMILES string of the molecule is CN=[S@@]1(=O)C[C@@](C)(c2cc(-c3cc(-c4ncc(Cl)cn4)no3)ccc2F)N=C(NC(=O)O)C12CCCC2. The minimum atomic E-state index is -3.01. The van der Waals surface area contributed by atoms with Gasteiger partial charge in [0.2, 0.25) is 0 Å². The summed E-state index contributed by atoms with van der Waals surface area (Å²) in [5.74, 6) is 0.0811. The summed E-state index contributed by atoms with van der Waals surface area (Å²) in [6.07, 6.45) is 4.10. The Kier molecular flexibility index (Phi) is 6.27. The lowest BCUT2D eigenvalue weighted by molar-refractivity contribution is 0.199. The molecule has 0 bridgehead atoms. The number of hydrogen-bond acceptors (Lipinski definition) is 8. The van der Waals surface area contributed by atoms with Crippen molar-refractivity contribution in [3.63, 3.8) is 0 Å². The summed E-state index contributed by atoms with van der Waals surface area (Å²) in [7, 11) is -1.54. The van der Waals surface area contributed by atoms with Crippen molar-refractivity contribution < 1.29 is 23.0 Å². The molecule has 0 radical (unpaired) electrons. The Bertz CT molecular complexity index is 1530. The highest BCUT2D eigenvalue weighted by Crippen LogP contribution is 2.47. The van der Waals surface area contributed by atoms with Crippen LogP contribution >= 0.6 is 11.6 Å². The lowest BCUT2D eigenvalue weighted by atomic mass is 9.91. The number of benzene rings is 1. The van der Waals surface area contributed by atoms with Crippen molar-refractivity contribution in [3.05, 3.63) is 53.1 Å². The monoisotopic (exact) mass is 546 g/mol. The Morgan fingerprint density at radius 1 is 1.24 bits per heavy atom. The zero-order valence-electron chi connectivity index (χ0n) is 20.1. The van der Waals surface area contributed by atoms with E-state index in [4.69, 9.17) is 21.1 Å². The number of halogens is 2. The molecule has 13 heteroatoms. The predicted molar refractivity (Wildman–Crippen MR) is 136 cm³/mol. The second-order valence-corrected chi connectivity index (χ2v) is 12.5. The van der Waals surface area contributed by atoms with Gasteiger partial charge in [0.15, 0.2) is 17.3 Å². The minimum absolute atomic E-state index is 0.0536. The molecule has 2 aliphatic rings. The third-order valence-corrected chi connectivity index (χ3v) is 10.6. The Balaban J connectivity index is 1.61.